The van der Waals surface area contributed by atoms with Crippen molar-refractivity contribution >= 4 is 5.84 Å². The van der Waals surface area contributed by atoms with E-state index in [0.29, 0.717) is 5.92 Å². The minimum absolute atomic E-state index is 0.0220. The van der Waals surface area contributed by atoms with Crippen molar-refractivity contribution in [3.63, 3.8) is 0 Å². The third-order valence-corrected chi connectivity index (χ3v) is 5.76. The predicted octanol–water partition coefficient (Wildman–Crippen LogP) is 6.18. The number of benzene rings is 3. The maximum Gasteiger partial charge on any atom is 0.210 e. The summed E-state index contributed by atoms with van der Waals surface area (Å²) in [5.41, 5.74) is 6.06. The van der Waals surface area contributed by atoms with Crippen LogP contribution < -0.4 is 0 Å². The van der Waals surface area contributed by atoms with Crippen molar-refractivity contribution in [2.75, 3.05) is 7.05 Å². The molecule has 1 aliphatic heterocycles. The van der Waals surface area contributed by atoms with Gasteiger partial charge in [0.25, 0.3) is 0 Å². The summed E-state index contributed by atoms with van der Waals surface area (Å²) in [4.78, 5) is 6.54. The first-order valence-electron chi connectivity index (χ1n) is 10.5. The molecule has 0 fully saturated rings. The first-order chi connectivity index (χ1) is 14.5. The highest BCUT2D eigenvalue weighted by molar-refractivity contribution is 6.00. The molecule has 3 aromatic carbocycles. The SMILES string of the molecule is CC(C)c1ccc(-c2ccccc2CC2C=C(O)N=C(c3ccccc3)N2C)cc1. The number of rotatable bonds is 5. The normalized spacial score (nSPS) is 16.4. The zero-order valence-corrected chi connectivity index (χ0v) is 17.8. The van der Waals surface area contributed by atoms with Gasteiger partial charge in [-0.05, 0) is 34.6 Å². The summed E-state index contributed by atoms with van der Waals surface area (Å²) < 4.78 is 0. The van der Waals surface area contributed by atoms with Crippen molar-refractivity contribution in [2.45, 2.75) is 32.2 Å². The molecule has 1 N–H and O–H groups in total. The predicted molar refractivity (Wildman–Crippen MR) is 125 cm³/mol. The number of likely N-dealkylation sites (N-methyl/N-ethyl adjacent to an activating group) is 1. The second kappa shape index (κ2) is 8.58. The van der Waals surface area contributed by atoms with Crippen LogP contribution in [0.3, 0.4) is 0 Å². The maximum atomic E-state index is 10.3. The number of hydrogen-bond acceptors (Lipinski definition) is 3. The third kappa shape index (κ3) is 4.16. The van der Waals surface area contributed by atoms with Gasteiger partial charge < -0.3 is 10.0 Å². The highest BCUT2D eigenvalue weighted by Gasteiger charge is 2.24. The second-order valence-electron chi connectivity index (χ2n) is 8.14. The van der Waals surface area contributed by atoms with Gasteiger partial charge in [-0.3, -0.25) is 0 Å². The summed E-state index contributed by atoms with van der Waals surface area (Å²) in [5, 5.41) is 10.3. The van der Waals surface area contributed by atoms with E-state index in [9.17, 15) is 5.11 Å². The van der Waals surface area contributed by atoms with Crippen LogP contribution in [0.15, 0.2) is 95.8 Å². The first-order valence-corrected chi connectivity index (χ1v) is 10.5. The zero-order valence-electron chi connectivity index (χ0n) is 17.8. The summed E-state index contributed by atoms with van der Waals surface area (Å²) >= 11 is 0. The monoisotopic (exact) mass is 396 g/mol. The minimum Gasteiger partial charge on any atom is -0.493 e. The van der Waals surface area contributed by atoms with Crippen molar-refractivity contribution in [1.82, 2.24) is 4.90 Å². The molecule has 3 aromatic rings. The first kappa shape index (κ1) is 20.0. The lowest BCUT2D eigenvalue weighted by molar-refractivity contribution is 0.352. The number of nitrogens with zero attached hydrogens (tertiary/aromatic N) is 2. The molecule has 0 saturated heterocycles. The fourth-order valence-electron chi connectivity index (χ4n) is 3.97. The molecule has 3 nitrogen and oxygen atoms in total. The van der Waals surface area contributed by atoms with Crippen molar-refractivity contribution < 1.29 is 5.11 Å². The molecular formula is C27H28N2O. The van der Waals surface area contributed by atoms with Crippen molar-refractivity contribution in [3.8, 4) is 11.1 Å². The molecule has 0 spiro atoms. The number of amidine groups is 1. The topological polar surface area (TPSA) is 35.8 Å². The van der Waals surface area contributed by atoms with E-state index >= 15 is 0 Å². The summed E-state index contributed by atoms with van der Waals surface area (Å²) in [5.74, 6) is 1.39. The number of hydrogen-bond donors (Lipinski definition) is 1. The van der Waals surface area contributed by atoms with E-state index in [1.807, 2.05) is 43.5 Å². The average Bonchev–Trinajstić information content (AvgIpc) is 2.77. The molecule has 1 unspecified atom stereocenters. The largest absolute Gasteiger partial charge is 0.493 e. The number of aliphatic hydroxyl groups is 1. The zero-order chi connectivity index (χ0) is 21.1. The van der Waals surface area contributed by atoms with Gasteiger partial charge in [-0.2, -0.15) is 4.99 Å². The van der Waals surface area contributed by atoms with Gasteiger partial charge in [0.1, 0.15) is 5.84 Å². The molecular weight excluding hydrogens is 368 g/mol. The van der Waals surface area contributed by atoms with Crippen LogP contribution >= 0.6 is 0 Å². The van der Waals surface area contributed by atoms with E-state index in [1.54, 1.807) is 0 Å². The van der Waals surface area contributed by atoms with Crippen LogP contribution in [-0.4, -0.2) is 28.9 Å². The van der Waals surface area contributed by atoms with Crippen LogP contribution in [-0.2, 0) is 6.42 Å². The van der Waals surface area contributed by atoms with Gasteiger partial charge in [0.05, 0.1) is 6.04 Å². The summed E-state index contributed by atoms with van der Waals surface area (Å²) in [6, 6.07) is 27.4. The smallest absolute Gasteiger partial charge is 0.210 e. The third-order valence-electron chi connectivity index (χ3n) is 5.76. The Labute approximate surface area is 179 Å². The Kier molecular flexibility index (Phi) is 5.71. The summed E-state index contributed by atoms with van der Waals surface area (Å²) in [7, 11) is 2.04. The fourth-order valence-corrected chi connectivity index (χ4v) is 3.97. The Morgan fingerprint density at radius 2 is 1.53 bits per heavy atom. The van der Waals surface area contributed by atoms with E-state index in [0.717, 1.165) is 17.8 Å². The quantitative estimate of drug-likeness (QED) is 0.559. The molecule has 152 valence electrons. The van der Waals surface area contributed by atoms with Gasteiger partial charge in [-0.15, -0.1) is 0 Å². The van der Waals surface area contributed by atoms with Crippen LogP contribution in [0.4, 0.5) is 0 Å². The lowest BCUT2D eigenvalue weighted by Crippen LogP contribution is -2.40. The molecule has 1 heterocycles. The van der Waals surface area contributed by atoms with E-state index in [4.69, 9.17) is 0 Å². The summed E-state index contributed by atoms with van der Waals surface area (Å²) in [6.07, 6.45) is 2.62. The minimum atomic E-state index is 0.0220. The molecule has 0 amide bonds. The van der Waals surface area contributed by atoms with Crippen LogP contribution in [0, 0.1) is 0 Å². The molecule has 4 rings (SSSR count). The summed E-state index contributed by atoms with van der Waals surface area (Å²) in [6.45, 7) is 4.43. The molecule has 30 heavy (non-hydrogen) atoms. The Bertz CT molecular complexity index is 1070. The van der Waals surface area contributed by atoms with Gasteiger partial charge in [-0.1, -0.05) is 92.7 Å². The van der Waals surface area contributed by atoms with E-state index < -0.39 is 0 Å². The highest BCUT2D eigenvalue weighted by Crippen LogP contribution is 2.28. The van der Waals surface area contributed by atoms with Crippen LogP contribution in [0.2, 0.25) is 0 Å². The second-order valence-corrected chi connectivity index (χ2v) is 8.14. The number of aliphatic imine (C=N–C) groups is 1. The highest BCUT2D eigenvalue weighted by atomic mass is 16.3. The molecule has 0 radical (unpaired) electrons. The lowest BCUT2D eigenvalue weighted by Gasteiger charge is -2.32. The average molecular weight is 397 g/mol. The van der Waals surface area contributed by atoms with E-state index in [-0.39, 0.29) is 11.9 Å². The van der Waals surface area contributed by atoms with Gasteiger partial charge in [-0.25, -0.2) is 0 Å². The van der Waals surface area contributed by atoms with Crippen LogP contribution in [0.1, 0.15) is 36.5 Å². The molecule has 0 aliphatic carbocycles. The van der Waals surface area contributed by atoms with Gasteiger partial charge in [0.2, 0.25) is 5.88 Å². The van der Waals surface area contributed by atoms with Gasteiger partial charge in [0, 0.05) is 18.7 Å². The Morgan fingerprint density at radius 3 is 2.23 bits per heavy atom. The molecule has 0 bridgehead atoms. The van der Waals surface area contributed by atoms with Gasteiger partial charge in [0.15, 0.2) is 0 Å². The van der Waals surface area contributed by atoms with E-state index in [2.05, 4.69) is 72.3 Å². The Balaban J connectivity index is 1.63. The standard InChI is InChI=1S/C27H28N2O/c1-19(2)20-13-15-21(16-14-20)25-12-8-7-11-23(25)17-24-18-26(30)28-27(29(24)3)22-9-5-4-6-10-22/h4-16,18-19,24,30H,17H2,1-3H3. The van der Waals surface area contributed by atoms with Crippen LogP contribution in [0.25, 0.3) is 11.1 Å². The maximum absolute atomic E-state index is 10.3. The number of aliphatic hydroxyl groups excluding tert-OH is 1. The fraction of sp³-hybridized carbons (Fsp3) is 0.222. The molecule has 0 aromatic heterocycles. The van der Waals surface area contributed by atoms with Crippen LogP contribution in [0.5, 0.6) is 0 Å². The Hall–Kier alpha value is -3.33. The lowest BCUT2D eigenvalue weighted by atomic mass is 9.92. The molecule has 0 saturated carbocycles. The van der Waals surface area contributed by atoms with Crippen molar-refractivity contribution in [3.05, 3.63) is 108 Å². The van der Waals surface area contributed by atoms with Crippen molar-refractivity contribution in [2.24, 2.45) is 4.99 Å². The molecule has 3 heteroatoms. The van der Waals surface area contributed by atoms with Gasteiger partial charge >= 0.3 is 0 Å². The molecule has 1 aliphatic rings. The Morgan fingerprint density at radius 1 is 0.867 bits per heavy atom. The van der Waals surface area contributed by atoms with Crippen molar-refractivity contribution in [1.29, 1.82) is 0 Å². The van der Waals surface area contributed by atoms with E-state index in [1.165, 1.54) is 22.3 Å². The molecule has 1 atom stereocenters.